The zero-order chi connectivity index (χ0) is 13.8. The number of hydrogen-bond acceptors (Lipinski definition) is 4. The van der Waals surface area contributed by atoms with Gasteiger partial charge < -0.3 is 15.2 Å². The Bertz CT molecular complexity index is 456. The molecular weight excluding hydrogens is 244 g/mol. The van der Waals surface area contributed by atoms with Gasteiger partial charge in [-0.05, 0) is 44.7 Å². The minimum absolute atomic E-state index is 0.254. The minimum Gasteiger partial charge on any atom is -0.478 e. The topological polar surface area (TPSA) is 71.5 Å². The Morgan fingerprint density at radius 1 is 1.47 bits per heavy atom. The lowest BCUT2D eigenvalue weighted by molar-refractivity contribution is 0.0622. The van der Waals surface area contributed by atoms with Gasteiger partial charge in [-0.3, -0.25) is 0 Å². The van der Waals surface area contributed by atoms with Crippen LogP contribution in [0.3, 0.4) is 0 Å². The van der Waals surface area contributed by atoms with Crippen molar-refractivity contribution in [1.29, 1.82) is 0 Å². The molecule has 2 N–H and O–H groups in total. The van der Waals surface area contributed by atoms with Crippen molar-refractivity contribution in [1.82, 2.24) is 4.98 Å². The molecule has 0 saturated carbocycles. The Hall–Kier alpha value is -1.62. The quantitative estimate of drug-likeness (QED) is 0.873. The largest absolute Gasteiger partial charge is 0.478 e. The first kappa shape index (κ1) is 13.8. The Morgan fingerprint density at radius 2 is 2.16 bits per heavy atom. The van der Waals surface area contributed by atoms with Crippen LogP contribution < -0.4 is 5.32 Å². The molecule has 1 unspecified atom stereocenters. The molecule has 2 heterocycles. The fourth-order valence-electron chi connectivity index (χ4n) is 2.43. The zero-order valence-corrected chi connectivity index (χ0v) is 11.3. The predicted octanol–water partition coefficient (Wildman–Crippen LogP) is 2.32. The monoisotopic (exact) mass is 264 g/mol. The van der Waals surface area contributed by atoms with Crippen molar-refractivity contribution in [3.05, 3.63) is 23.4 Å². The number of aromatic carboxylic acids is 1. The third kappa shape index (κ3) is 3.44. The van der Waals surface area contributed by atoms with E-state index in [9.17, 15) is 4.79 Å². The van der Waals surface area contributed by atoms with E-state index in [2.05, 4.69) is 17.2 Å². The average Bonchev–Trinajstić information content (AvgIpc) is 2.39. The van der Waals surface area contributed by atoms with Gasteiger partial charge in [-0.25, -0.2) is 9.78 Å². The SMILES string of the molecule is Cc1nc(NC(C)C2CCOCC2)ccc1C(=O)O. The third-order valence-electron chi connectivity index (χ3n) is 3.66. The molecule has 2 rings (SSSR count). The second-order valence-corrected chi connectivity index (χ2v) is 5.02. The molecule has 1 fully saturated rings. The first-order valence-electron chi connectivity index (χ1n) is 6.63. The maximum atomic E-state index is 10.9. The minimum atomic E-state index is -0.936. The van der Waals surface area contributed by atoms with Gasteiger partial charge in [0, 0.05) is 19.3 Å². The second-order valence-electron chi connectivity index (χ2n) is 5.02. The molecule has 1 aromatic rings. The number of hydrogen-bond donors (Lipinski definition) is 2. The Morgan fingerprint density at radius 3 is 2.74 bits per heavy atom. The predicted molar refractivity (Wildman–Crippen MR) is 72.6 cm³/mol. The van der Waals surface area contributed by atoms with Crippen LogP contribution in [0.5, 0.6) is 0 Å². The number of aromatic nitrogens is 1. The summed E-state index contributed by atoms with van der Waals surface area (Å²) in [4.78, 5) is 15.2. The van der Waals surface area contributed by atoms with Crippen LogP contribution in [0.15, 0.2) is 12.1 Å². The summed E-state index contributed by atoms with van der Waals surface area (Å²) in [5, 5.41) is 12.3. The van der Waals surface area contributed by atoms with E-state index in [0.717, 1.165) is 31.9 Å². The number of nitrogens with zero attached hydrogens (tertiary/aromatic N) is 1. The van der Waals surface area contributed by atoms with E-state index < -0.39 is 5.97 Å². The number of nitrogens with one attached hydrogen (secondary N) is 1. The van der Waals surface area contributed by atoms with Crippen molar-refractivity contribution in [2.24, 2.45) is 5.92 Å². The van der Waals surface area contributed by atoms with Gasteiger partial charge >= 0.3 is 5.97 Å². The summed E-state index contributed by atoms with van der Waals surface area (Å²) in [6.07, 6.45) is 2.11. The van der Waals surface area contributed by atoms with Gasteiger partial charge in [0.25, 0.3) is 0 Å². The standard InChI is InChI=1S/C14H20N2O3/c1-9(11-5-7-19-8-6-11)15-13-4-3-12(14(17)18)10(2)16-13/h3-4,9,11H,5-8H2,1-2H3,(H,15,16)(H,17,18). The number of aryl methyl sites for hydroxylation is 1. The molecule has 0 aliphatic carbocycles. The van der Waals surface area contributed by atoms with Crippen molar-refractivity contribution in [3.63, 3.8) is 0 Å². The molecule has 0 bridgehead atoms. The van der Waals surface area contributed by atoms with Gasteiger partial charge in [-0.1, -0.05) is 0 Å². The smallest absolute Gasteiger partial charge is 0.337 e. The Labute approximate surface area is 113 Å². The number of anilines is 1. The lowest BCUT2D eigenvalue weighted by atomic mass is 9.93. The lowest BCUT2D eigenvalue weighted by Gasteiger charge is -2.28. The van der Waals surface area contributed by atoms with E-state index in [1.54, 1.807) is 19.1 Å². The number of rotatable bonds is 4. The number of ether oxygens (including phenoxy) is 1. The molecule has 1 aliphatic heterocycles. The lowest BCUT2D eigenvalue weighted by Crippen LogP contribution is -2.31. The van der Waals surface area contributed by atoms with Gasteiger partial charge in [0.05, 0.1) is 11.3 Å². The average molecular weight is 264 g/mol. The summed E-state index contributed by atoms with van der Waals surface area (Å²) in [5.74, 6) is 0.380. The van der Waals surface area contributed by atoms with Gasteiger partial charge in [0.15, 0.2) is 0 Å². The summed E-state index contributed by atoms with van der Waals surface area (Å²) in [6.45, 7) is 5.49. The highest BCUT2D eigenvalue weighted by molar-refractivity contribution is 5.89. The van der Waals surface area contributed by atoms with Crippen molar-refractivity contribution in [3.8, 4) is 0 Å². The van der Waals surface area contributed by atoms with Crippen LogP contribution >= 0.6 is 0 Å². The van der Waals surface area contributed by atoms with Crippen LogP contribution in [-0.4, -0.2) is 35.3 Å². The number of pyridine rings is 1. The molecule has 5 nitrogen and oxygen atoms in total. The van der Waals surface area contributed by atoms with E-state index in [-0.39, 0.29) is 5.56 Å². The number of carbonyl (C=O) groups is 1. The zero-order valence-electron chi connectivity index (χ0n) is 11.3. The molecule has 0 amide bonds. The van der Waals surface area contributed by atoms with Gasteiger partial charge in [0.2, 0.25) is 0 Å². The molecule has 1 aliphatic rings. The van der Waals surface area contributed by atoms with E-state index in [1.807, 2.05) is 0 Å². The summed E-state index contributed by atoms with van der Waals surface area (Å²) < 4.78 is 5.35. The highest BCUT2D eigenvalue weighted by atomic mass is 16.5. The number of carboxylic acid groups (broad SMARTS) is 1. The highest BCUT2D eigenvalue weighted by Crippen LogP contribution is 2.21. The summed E-state index contributed by atoms with van der Waals surface area (Å²) in [6, 6.07) is 3.64. The molecular formula is C14H20N2O3. The highest BCUT2D eigenvalue weighted by Gasteiger charge is 2.20. The van der Waals surface area contributed by atoms with Gasteiger partial charge in [0.1, 0.15) is 5.82 Å². The molecule has 1 saturated heterocycles. The van der Waals surface area contributed by atoms with Crippen LogP contribution in [0.25, 0.3) is 0 Å². The third-order valence-corrected chi connectivity index (χ3v) is 3.66. The molecule has 104 valence electrons. The van der Waals surface area contributed by atoms with E-state index >= 15 is 0 Å². The second kappa shape index (κ2) is 6.02. The molecule has 0 radical (unpaired) electrons. The fourth-order valence-corrected chi connectivity index (χ4v) is 2.43. The molecule has 19 heavy (non-hydrogen) atoms. The number of carboxylic acids is 1. The van der Waals surface area contributed by atoms with Crippen molar-refractivity contribution >= 4 is 11.8 Å². The first-order chi connectivity index (χ1) is 9.08. The molecule has 1 atom stereocenters. The van der Waals surface area contributed by atoms with Crippen molar-refractivity contribution in [2.45, 2.75) is 32.7 Å². The van der Waals surface area contributed by atoms with Crippen LogP contribution in [0.2, 0.25) is 0 Å². The van der Waals surface area contributed by atoms with Crippen molar-refractivity contribution < 1.29 is 14.6 Å². The molecule has 5 heteroatoms. The van der Waals surface area contributed by atoms with Gasteiger partial charge in [-0.15, -0.1) is 0 Å². The van der Waals surface area contributed by atoms with Crippen molar-refractivity contribution in [2.75, 3.05) is 18.5 Å². The van der Waals surface area contributed by atoms with Crippen LogP contribution in [0.1, 0.15) is 35.8 Å². The maximum absolute atomic E-state index is 10.9. The molecule has 0 spiro atoms. The molecule has 0 aromatic carbocycles. The summed E-state index contributed by atoms with van der Waals surface area (Å²) in [7, 11) is 0. The van der Waals surface area contributed by atoms with E-state index in [4.69, 9.17) is 9.84 Å². The van der Waals surface area contributed by atoms with Gasteiger partial charge in [-0.2, -0.15) is 0 Å². The summed E-state index contributed by atoms with van der Waals surface area (Å²) in [5.41, 5.74) is 0.793. The Balaban J connectivity index is 2.02. The maximum Gasteiger partial charge on any atom is 0.337 e. The first-order valence-corrected chi connectivity index (χ1v) is 6.63. The van der Waals surface area contributed by atoms with E-state index in [1.165, 1.54) is 0 Å². The molecule has 1 aromatic heterocycles. The Kier molecular flexibility index (Phi) is 4.37. The van der Waals surface area contributed by atoms with Crippen LogP contribution in [-0.2, 0) is 4.74 Å². The van der Waals surface area contributed by atoms with E-state index in [0.29, 0.717) is 17.7 Å². The van der Waals surface area contributed by atoms with Crippen LogP contribution in [0, 0.1) is 12.8 Å². The summed E-state index contributed by atoms with van der Waals surface area (Å²) >= 11 is 0. The fraction of sp³-hybridized carbons (Fsp3) is 0.571. The normalized spacial score (nSPS) is 18.0. The van der Waals surface area contributed by atoms with Crippen LogP contribution in [0.4, 0.5) is 5.82 Å².